The van der Waals surface area contributed by atoms with Crippen LogP contribution in [0.1, 0.15) is 5.56 Å². The van der Waals surface area contributed by atoms with Crippen LogP contribution in [0.3, 0.4) is 0 Å². The Labute approximate surface area is 92.0 Å². The summed E-state index contributed by atoms with van der Waals surface area (Å²) in [7, 11) is 0. The Morgan fingerprint density at radius 1 is 1.33 bits per heavy atom. The van der Waals surface area contributed by atoms with E-state index in [0.717, 1.165) is 11.3 Å². The zero-order valence-corrected chi connectivity index (χ0v) is 8.58. The quantitative estimate of drug-likeness (QED) is 0.741. The lowest BCUT2D eigenvalue weighted by atomic mass is 10.2. The fourth-order valence-electron chi connectivity index (χ4n) is 1.25. The number of hydrogen-bond donors (Lipinski definition) is 1. The van der Waals surface area contributed by atoms with E-state index in [2.05, 4.69) is 9.97 Å². The molecule has 0 fully saturated rings. The maximum absolute atomic E-state index is 8.73. The van der Waals surface area contributed by atoms with Crippen molar-refractivity contribution < 1.29 is 0 Å². The maximum Gasteiger partial charge on any atom is 0.121 e. The second kappa shape index (κ2) is 4.03. The van der Waals surface area contributed by atoms with E-state index in [4.69, 9.17) is 17.5 Å². The number of nitriles is 1. The number of nitrogens with zero attached hydrogens (tertiary/aromatic N) is 2. The van der Waals surface area contributed by atoms with Crippen LogP contribution in [-0.2, 0) is 0 Å². The molecule has 0 bridgehead atoms. The molecule has 0 radical (unpaired) electrons. The average Bonchev–Trinajstić information content (AvgIpc) is 2.30. The van der Waals surface area contributed by atoms with Gasteiger partial charge in [0.2, 0.25) is 0 Å². The van der Waals surface area contributed by atoms with E-state index < -0.39 is 0 Å². The van der Waals surface area contributed by atoms with Crippen LogP contribution in [0.4, 0.5) is 0 Å². The SMILES string of the molecule is N#Cc1ccc(-c2cccnc2)[nH]c1=S. The molecule has 0 atom stereocenters. The standard InChI is InChI=1S/C11H7N3S/c12-6-8-3-4-10(14-11(8)15)9-2-1-5-13-7-9/h1-5,7H,(H,14,15). The molecule has 0 aliphatic heterocycles. The summed E-state index contributed by atoms with van der Waals surface area (Å²) in [4.78, 5) is 7.01. The molecule has 0 aromatic carbocycles. The number of nitrogens with one attached hydrogen (secondary N) is 1. The largest absolute Gasteiger partial charge is 0.345 e. The van der Waals surface area contributed by atoms with Gasteiger partial charge in [-0.1, -0.05) is 12.2 Å². The third kappa shape index (κ3) is 1.92. The van der Waals surface area contributed by atoms with Gasteiger partial charge in [0.05, 0.1) is 5.56 Å². The van der Waals surface area contributed by atoms with E-state index in [1.165, 1.54) is 0 Å². The molecule has 4 heteroatoms. The van der Waals surface area contributed by atoms with Crippen LogP contribution in [0.15, 0.2) is 36.7 Å². The molecule has 15 heavy (non-hydrogen) atoms. The zero-order valence-electron chi connectivity index (χ0n) is 7.77. The van der Waals surface area contributed by atoms with Gasteiger partial charge in [0, 0.05) is 23.7 Å². The van der Waals surface area contributed by atoms with Gasteiger partial charge in [0.1, 0.15) is 10.7 Å². The monoisotopic (exact) mass is 213 g/mol. The third-order valence-electron chi connectivity index (χ3n) is 2.00. The number of H-pyrrole nitrogens is 1. The molecule has 0 spiro atoms. The molecule has 0 aliphatic carbocycles. The first kappa shape index (κ1) is 9.56. The summed E-state index contributed by atoms with van der Waals surface area (Å²) in [5.74, 6) is 0. The maximum atomic E-state index is 8.73. The van der Waals surface area contributed by atoms with Crippen molar-refractivity contribution in [2.75, 3.05) is 0 Å². The van der Waals surface area contributed by atoms with Gasteiger partial charge in [-0.05, 0) is 24.3 Å². The van der Waals surface area contributed by atoms with Crippen molar-refractivity contribution in [2.24, 2.45) is 0 Å². The van der Waals surface area contributed by atoms with Crippen molar-refractivity contribution in [3.05, 3.63) is 46.9 Å². The van der Waals surface area contributed by atoms with Gasteiger partial charge in [-0.2, -0.15) is 5.26 Å². The summed E-state index contributed by atoms with van der Waals surface area (Å²) in [5, 5.41) is 8.73. The first-order valence-electron chi connectivity index (χ1n) is 4.35. The Hall–Kier alpha value is -1.99. The highest BCUT2D eigenvalue weighted by atomic mass is 32.1. The van der Waals surface area contributed by atoms with Crippen molar-refractivity contribution in [2.45, 2.75) is 0 Å². The Kier molecular flexibility index (Phi) is 2.57. The lowest BCUT2D eigenvalue weighted by Crippen LogP contribution is -1.87. The smallest absolute Gasteiger partial charge is 0.121 e. The van der Waals surface area contributed by atoms with Crippen LogP contribution < -0.4 is 0 Å². The van der Waals surface area contributed by atoms with Crippen LogP contribution in [0.25, 0.3) is 11.3 Å². The van der Waals surface area contributed by atoms with E-state index in [-0.39, 0.29) is 0 Å². The molecular formula is C11H7N3S. The second-order valence-electron chi connectivity index (χ2n) is 2.97. The van der Waals surface area contributed by atoms with E-state index in [9.17, 15) is 0 Å². The summed E-state index contributed by atoms with van der Waals surface area (Å²) < 4.78 is 0.457. The van der Waals surface area contributed by atoms with Gasteiger partial charge in [0.25, 0.3) is 0 Å². The molecular weight excluding hydrogens is 206 g/mol. The predicted octanol–water partition coefficient (Wildman–Crippen LogP) is 2.68. The molecule has 2 heterocycles. The van der Waals surface area contributed by atoms with Crippen LogP contribution in [0.2, 0.25) is 0 Å². The van der Waals surface area contributed by atoms with Crippen molar-refractivity contribution in [1.29, 1.82) is 5.26 Å². The Morgan fingerprint density at radius 2 is 2.20 bits per heavy atom. The predicted molar refractivity (Wildman–Crippen MR) is 59.6 cm³/mol. The van der Waals surface area contributed by atoms with E-state index in [1.54, 1.807) is 18.5 Å². The Morgan fingerprint density at radius 3 is 2.80 bits per heavy atom. The molecule has 0 saturated carbocycles. The summed E-state index contributed by atoms with van der Waals surface area (Å²) in [6, 6.07) is 9.34. The Balaban J connectivity index is 2.54. The van der Waals surface area contributed by atoms with Crippen LogP contribution in [-0.4, -0.2) is 9.97 Å². The zero-order chi connectivity index (χ0) is 10.7. The fourth-order valence-corrected chi connectivity index (χ4v) is 1.48. The lowest BCUT2D eigenvalue weighted by molar-refractivity contribution is 1.25. The highest BCUT2D eigenvalue weighted by Gasteiger charge is 1.99. The van der Waals surface area contributed by atoms with E-state index in [0.29, 0.717) is 10.2 Å². The van der Waals surface area contributed by atoms with Gasteiger partial charge < -0.3 is 4.98 Å². The molecule has 2 rings (SSSR count). The topological polar surface area (TPSA) is 52.5 Å². The highest BCUT2D eigenvalue weighted by molar-refractivity contribution is 7.71. The molecule has 0 saturated heterocycles. The van der Waals surface area contributed by atoms with Crippen LogP contribution >= 0.6 is 12.2 Å². The van der Waals surface area contributed by atoms with Gasteiger partial charge >= 0.3 is 0 Å². The van der Waals surface area contributed by atoms with Gasteiger partial charge in [-0.15, -0.1) is 0 Å². The highest BCUT2D eigenvalue weighted by Crippen LogP contribution is 2.15. The number of aromatic nitrogens is 2. The summed E-state index contributed by atoms with van der Waals surface area (Å²) in [6.07, 6.45) is 3.45. The Bertz CT molecular complexity index is 566. The summed E-state index contributed by atoms with van der Waals surface area (Å²) in [5.41, 5.74) is 2.30. The fraction of sp³-hybridized carbons (Fsp3) is 0. The first-order chi connectivity index (χ1) is 7.31. The molecule has 1 N–H and O–H groups in total. The normalized spacial score (nSPS) is 9.53. The van der Waals surface area contributed by atoms with Crippen molar-refractivity contribution in [3.63, 3.8) is 0 Å². The van der Waals surface area contributed by atoms with Crippen molar-refractivity contribution >= 4 is 12.2 Å². The summed E-state index contributed by atoms with van der Waals surface area (Å²) in [6.45, 7) is 0. The molecule has 0 unspecified atom stereocenters. The number of hydrogen-bond acceptors (Lipinski definition) is 3. The molecule has 0 amide bonds. The lowest BCUT2D eigenvalue weighted by Gasteiger charge is -2.00. The second-order valence-corrected chi connectivity index (χ2v) is 3.38. The van der Waals surface area contributed by atoms with Gasteiger partial charge in [-0.3, -0.25) is 4.98 Å². The van der Waals surface area contributed by atoms with E-state index in [1.807, 2.05) is 24.3 Å². The molecule has 0 aliphatic rings. The third-order valence-corrected chi connectivity index (χ3v) is 2.32. The van der Waals surface area contributed by atoms with E-state index >= 15 is 0 Å². The molecule has 72 valence electrons. The number of aromatic amines is 1. The molecule has 3 nitrogen and oxygen atoms in total. The van der Waals surface area contributed by atoms with Crippen molar-refractivity contribution in [3.8, 4) is 17.3 Å². The van der Waals surface area contributed by atoms with Crippen molar-refractivity contribution in [1.82, 2.24) is 9.97 Å². The number of rotatable bonds is 1. The average molecular weight is 213 g/mol. The van der Waals surface area contributed by atoms with Crippen LogP contribution in [0.5, 0.6) is 0 Å². The minimum atomic E-state index is 0.457. The first-order valence-corrected chi connectivity index (χ1v) is 4.76. The minimum Gasteiger partial charge on any atom is -0.345 e. The van der Waals surface area contributed by atoms with Crippen LogP contribution in [0, 0.1) is 16.0 Å². The summed E-state index contributed by atoms with van der Waals surface area (Å²) >= 11 is 5.04. The van der Waals surface area contributed by atoms with Gasteiger partial charge in [-0.25, -0.2) is 0 Å². The molecule has 2 aromatic heterocycles. The molecule has 2 aromatic rings. The number of pyridine rings is 2. The minimum absolute atomic E-state index is 0.457. The van der Waals surface area contributed by atoms with Gasteiger partial charge in [0.15, 0.2) is 0 Å².